The minimum atomic E-state index is -0.979. The highest BCUT2D eigenvalue weighted by Crippen LogP contribution is 2.17. The van der Waals surface area contributed by atoms with Crippen LogP contribution < -0.4 is 0 Å². The maximum atomic E-state index is 10.3. The van der Waals surface area contributed by atoms with Crippen LogP contribution in [0.4, 0.5) is 0 Å². The summed E-state index contributed by atoms with van der Waals surface area (Å²) in [6.45, 7) is 3.28. The molecule has 1 atom stereocenters. The van der Waals surface area contributed by atoms with Crippen LogP contribution in [-0.4, -0.2) is 17.7 Å². The standard InChI is InChI=1S/C11H12O3/c1-2-10(14-8-11(12)13)9-6-4-3-5-7-9/h2-7,10H,1,8H2,(H,12,13). The van der Waals surface area contributed by atoms with Gasteiger partial charge >= 0.3 is 5.97 Å². The van der Waals surface area contributed by atoms with Gasteiger partial charge in [0.1, 0.15) is 12.7 Å². The summed E-state index contributed by atoms with van der Waals surface area (Å²) in [5, 5.41) is 8.45. The molecule has 0 aliphatic rings. The van der Waals surface area contributed by atoms with Gasteiger partial charge in [-0.05, 0) is 5.56 Å². The monoisotopic (exact) mass is 192 g/mol. The first-order chi connectivity index (χ1) is 6.74. The SMILES string of the molecule is C=CC(OCC(=O)O)c1ccccc1. The molecule has 3 nitrogen and oxygen atoms in total. The normalized spacial score (nSPS) is 12.0. The van der Waals surface area contributed by atoms with Crippen molar-refractivity contribution in [2.24, 2.45) is 0 Å². The average Bonchev–Trinajstić information content (AvgIpc) is 2.20. The van der Waals surface area contributed by atoms with E-state index in [2.05, 4.69) is 6.58 Å². The minimum Gasteiger partial charge on any atom is -0.480 e. The molecule has 1 unspecified atom stereocenters. The molecule has 0 fully saturated rings. The predicted molar refractivity (Wildman–Crippen MR) is 53.0 cm³/mol. The van der Waals surface area contributed by atoms with E-state index in [0.29, 0.717) is 0 Å². The predicted octanol–water partition coefficient (Wildman–Crippen LogP) is 2.01. The molecule has 1 N–H and O–H groups in total. The van der Waals surface area contributed by atoms with Crippen molar-refractivity contribution >= 4 is 5.97 Å². The lowest BCUT2D eigenvalue weighted by Crippen LogP contribution is -2.10. The third-order valence-corrected chi connectivity index (χ3v) is 1.73. The highest BCUT2D eigenvalue weighted by Gasteiger charge is 2.08. The van der Waals surface area contributed by atoms with Gasteiger partial charge in [0, 0.05) is 0 Å². The van der Waals surface area contributed by atoms with Crippen molar-refractivity contribution < 1.29 is 14.6 Å². The highest BCUT2D eigenvalue weighted by molar-refractivity contribution is 5.68. The van der Waals surface area contributed by atoms with Gasteiger partial charge < -0.3 is 9.84 Å². The molecule has 0 bridgehead atoms. The van der Waals surface area contributed by atoms with Gasteiger partial charge in [0.2, 0.25) is 0 Å². The molecule has 0 saturated carbocycles. The summed E-state index contributed by atoms with van der Waals surface area (Å²) in [6.07, 6.45) is 1.23. The number of carbonyl (C=O) groups is 1. The molecule has 14 heavy (non-hydrogen) atoms. The molecule has 74 valence electrons. The lowest BCUT2D eigenvalue weighted by Gasteiger charge is -2.12. The van der Waals surface area contributed by atoms with Crippen LogP contribution >= 0.6 is 0 Å². The Labute approximate surface area is 82.6 Å². The number of hydrogen-bond donors (Lipinski definition) is 1. The Balaban J connectivity index is 2.63. The molecule has 3 heteroatoms. The molecular weight excluding hydrogens is 180 g/mol. The zero-order valence-electron chi connectivity index (χ0n) is 7.72. The van der Waals surface area contributed by atoms with Gasteiger partial charge in [-0.2, -0.15) is 0 Å². The van der Waals surface area contributed by atoms with Crippen LogP contribution in [0.2, 0.25) is 0 Å². The van der Waals surface area contributed by atoms with Crippen molar-refractivity contribution in [2.45, 2.75) is 6.10 Å². The molecule has 0 aliphatic heterocycles. The minimum absolute atomic E-state index is 0.314. The molecule has 0 heterocycles. The molecule has 1 aromatic carbocycles. The molecule has 1 rings (SSSR count). The van der Waals surface area contributed by atoms with Gasteiger partial charge in [-0.25, -0.2) is 4.79 Å². The molecular formula is C11H12O3. The van der Waals surface area contributed by atoms with Gasteiger partial charge in [-0.3, -0.25) is 0 Å². The third kappa shape index (κ3) is 3.03. The van der Waals surface area contributed by atoms with Crippen LogP contribution in [-0.2, 0) is 9.53 Å². The number of ether oxygens (including phenoxy) is 1. The number of rotatable bonds is 5. The second kappa shape index (κ2) is 5.19. The highest BCUT2D eigenvalue weighted by atomic mass is 16.5. The van der Waals surface area contributed by atoms with Gasteiger partial charge in [-0.15, -0.1) is 6.58 Å². The molecule has 0 amide bonds. The van der Waals surface area contributed by atoms with Gasteiger partial charge in [0.25, 0.3) is 0 Å². The fraction of sp³-hybridized carbons (Fsp3) is 0.182. The van der Waals surface area contributed by atoms with Crippen molar-refractivity contribution in [1.82, 2.24) is 0 Å². The Morgan fingerprint density at radius 3 is 2.64 bits per heavy atom. The quantitative estimate of drug-likeness (QED) is 0.726. The lowest BCUT2D eigenvalue weighted by atomic mass is 10.1. The van der Waals surface area contributed by atoms with E-state index in [-0.39, 0.29) is 12.7 Å². The van der Waals surface area contributed by atoms with Crippen LogP contribution in [0.25, 0.3) is 0 Å². The van der Waals surface area contributed by atoms with Gasteiger partial charge in [0.05, 0.1) is 0 Å². The largest absolute Gasteiger partial charge is 0.480 e. The molecule has 0 saturated heterocycles. The molecule has 0 spiro atoms. The molecule has 0 radical (unpaired) electrons. The summed E-state index contributed by atoms with van der Waals surface area (Å²) in [6, 6.07) is 9.37. The van der Waals surface area contributed by atoms with Gasteiger partial charge in [-0.1, -0.05) is 36.4 Å². The van der Waals surface area contributed by atoms with E-state index in [1.807, 2.05) is 30.3 Å². The van der Waals surface area contributed by atoms with Crippen molar-refractivity contribution in [3.8, 4) is 0 Å². The van der Waals surface area contributed by atoms with Crippen LogP contribution in [0.15, 0.2) is 43.0 Å². The van der Waals surface area contributed by atoms with Crippen LogP contribution in [0.5, 0.6) is 0 Å². The second-order valence-electron chi connectivity index (χ2n) is 2.77. The number of carboxylic acid groups (broad SMARTS) is 1. The smallest absolute Gasteiger partial charge is 0.329 e. The summed E-state index contributed by atoms with van der Waals surface area (Å²) in [5.74, 6) is -0.979. The maximum absolute atomic E-state index is 10.3. The van der Waals surface area contributed by atoms with Crippen LogP contribution in [0, 0.1) is 0 Å². The lowest BCUT2D eigenvalue weighted by molar-refractivity contribution is -0.143. The zero-order chi connectivity index (χ0) is 10.4. The van der Waals surface area contributed by atoms with Crippen molar-refractivity contribution in [3.63, 3.8) is 0 Å². The summed E-state index contributed by atoms with van der Waals surface area (Å²) < 4.78 is 5.12. The molecule has 0 aromatic heterocycles. The van der Waals surface area contributed by atoms with Crippen molar-refractivity contribution in [3.05, 3.63) is 48.6 Å². The Bertz CT molecular complexity index is 306. The first-order valence-corrected chi connectivity index (χ1v) is 4.25. The summed E-state index contributed by atoms with van der Waals surface area (Å²) in [5.41, 5.74) is 0.906. The summed E-state index contributed by atoms with van der Waals surface area (Å²) in [4.78, 5) is 10.3. The fourth-order valence-corrected chi connectivity index (χ4v) is 1.10. The number of carboxylic acids is 1. The van der Waals surface area contributed by atoms with Crippen LogP contribution in [0.3, 0.4) is 0 Å². The number of hydrogen-bond acceptors (Lipinski definition) is 2. The summed E-state index contributed by atoms with van der Waals surface area (Å²) in [7, 11) is 0. The average molecular weight is 192 g/mol. The third-order valence-electron chi connectivity index (χ3n) is 1.73. The zero-order valence-corrected chi connectivity index (χ0v) is 7.72. The first kappa shape index (κ1) is 10.5. The van der Waals surface area contributed by atoms with Crippen LogP contribution in [0.1, 0.15) is 11.7 Å². The number of benzene rings is 1. The Morgan fingerprint density at radius 1 is 1.50 bits per heavy atom. The Morgan fingerprint density at radius 2 is 2.14 bits per heavy atom. The van der Waals surface area contributed by atoms with E-state index in [0.717, 1.165) is 5.56 Å². The van der Waals surface area contributed by atoms with Crippen molar-refractivity contribution in [2.75, 3.05) is 6.61 Å². The fourth-order valence-electron chi connectivity index (χ4n) is 1.10. The molecule has 0 aliphatic carbocycles. The topological polar surface area (TPSA) is 46.5 Å². The maximum Gasteiger partial charge on any atom is 0.329 e. The van der Waals surface area contributed by atoms with Gasteiger partial charge in [0.15, 0.2) is 0 Å². The van der Waals surface area contributed by atoms with E-state index in [1.165, 1.54) is 0 Å². The molecule has 1 aromatic rings. The van der Waals surface area contributed by atoms with E-state index in [1.54, 1.807) is 6.08 Å². The Hall–Kier alpha value is -1.61. The van der Waals surface area contributed by atoms with E-state index in [9.17, 15) is 4.79 Å². The first-order valence-electron chi connectivity index (χ1n) is 4.25. The van der Waals surface area contributed by atoms with E-state index >= 15 is 0 Å². The van der Waals surface area contributed by atoms with E-state index in [4.69, 9.17) is 9.84 Å². The Kier molecular flexibility index (Phi) is 3.88. The summed E-state index contributed by atoms with van der Waals surface area (Å²) >= 11 is 0. The number of aliphatic carboxylic acids is 1. The second-order valence-corrected chi connectivity index (χ2v) is 2.77. The van der Waals surface area contributed by atoms with E-state index < -0.39 is 5.97 Å². The van der Waals surface area contributed by atoms with Crippen molar-refractivity contribution in [1.29, 1.82) is 0 Å².